The maximum absolute atomic E-state index is 8.97. The first-order chi connectivity index (χ1) is 7.79. The zero-order valence-electron chi connectivity index (χ0n) is 9.76. The van der Waals surface area contributed by atoms with E-state index in [-0.39, 0.29) is 6.61 Å². The van der Waals surface area contributed by atoms with Gasteiger partial charge in [0.1, 0.15) is 0 Å². The van der Waals surface area contributed by atoms with Gasteiger partial charge >= 0.3 is 0 Å². The summed E-state index contributed by atoms with van der Waals surface area (Å²) in [7, 11) is 0. The van der Waals surface area contributed by atoms with Gasteiger partial charge in [-0.15, -0.1) is 0 Å². The Morgan fingerprint density at radius 1 is 1.56 bits per heavy atom. The highest BCUT2D eigenvalue weighted by Gasteiger charge is 2.21. The van der Waals surface area contributed by atoms with Gasteiger partial charge in [0.05, 0.1) is 0 Å². The van der Waals surface area contributed by atoms with Gasteiger partial charge < -0.3 is 10.0 Å². The first-order valence-corrected chi connectivity index (χ1v) is 5.95. The molecule has 1 fully saturated rings. The molecule has 2 heterocycles. The van der Waals surface area contributed by atoms with Crippen molar-refractivity contribution in [2.24, 2.45) is 5.92 Å². The van der Waals surface area contributed by atoms with Gasteiger partial charge in [-0.2, -0.15) is 0 Å². The lowest BCUT2D eigenvalue weighted by molar-refractivity contribution is 0.244. The molecule has 2 rings (SSSR count). The van der Waals surface area contributed by atoms with Gasteiger partial charge in [-0.05, 0) is 38.2 Å². The van der Waals surface area contributed by atoms with Crippen LogP contribution in [0, 0.1) is 12.8 Å². The second-order valence-corrected chi connectivity index (χ2v) is 4.46. The van der Waals surface area contributed by atoms with Crippen molar-refractivity contribution < 1.29 is 5.11 Å². The van der Waals surface area contributed by atoms with Gasteiger partial charge in [0, 0.05) is 31.6 Å². The molecule has 0 spiro atoms. The molecule has 1 aliphatic heterocycles. The zero-order valence-corrected chi connectivity index (χ0v) is 9.76. The predicted molar refractivity (Wildman–Crippen MR) is 63.4 cm³/mol. The number of nitrogens with zero attached hydrogens (tertiary/aromatic N) is 3. The molecule has 1 N–H and O–H groups in total. The minimum Gasteiger partial charge on any atom is -0.396 e. The van der Waals surface area contributed by atoms with Crippen LogP contribution >= 0.6 is 0 Å². The number of aliphatic hydroxyl groups is 1. The Balaban J connectivity index is 2.03. The lowest BCUT2D eigenvalue weighted by Crippen LogP contribution is -2.36. The Kier molecular flexibility index (Phi) is 3.72. The second-order valence-electron chi connectivity index (χ2n) is 4.46. The lowest BCUT2D eigenvalue weighted by Gasteiger charge is -2.32. The van der Waals surface area contributed by atoms with E-state index in [4.69, 9.17) is 5.11 Å². The summed E-state index contributed by atoms with van der Waals surface area (Å²) >= 11 is 0. The third-order valence-electron chi connectivity index (χ3n) is 3.12. The molecule has 0 aliphatic carbocycles. The fourth-order valence-corrected chi connectivity index (χ4v) is 2.25. The molecule has 16 heavy (non-hydrogen) atoms. The highest BCUT2D eigenvalue weighted by atomic mass is 16.3. The first kappa shape index (κ1) is 11.3. The standard InChI is InChI=1S/C12H19N3O/c1-10-4-6-13-12(14-10)15-7-2-3-11(9-15)5-8-16/h4,6,11,16H,2-3,5,7-9H2,1H3. The number of hydrogen-bond donors (Lipinski definition) is 1. The van der Waals surface area contributed by atoms with Crippen LogP contribution in [0.4, 0.5) is 5.95 Å². The quantitative estimate of drug-likeness (QED) is 0.838. The van der Waals surface area contributed by atoms with Crippen LogP contribution in [0.15, 0.2) is 12.3 Å². The number of hydrogen-bond acceptors (Lipinski definition) is 4. The Labute approximate surface area is 96.3 Å². The molecule has 4 heteroatoms. The molecular weight excluding hydrogens is 202 g/mol. The van der Waals surface area contributed by atoms with Crippen LogP contribution in [-0.4, -0.2) is 34.8 Å². The summed E-state index contributed by atoms with van der Waals surface area (Å²) in [6.45, 7) is 4.28. The summed E-state index contributed by atoms with van der Waals surface area (Å²) in [5.74, 6) is 1.42. The predicted octanol–water partition coefficient (Wildman–Crippen LogP) is 1.38. The molecule has 1 aliphatic rings. The van der Waals surface area contributed by atoms with Crippen LogP contribution in [0.3, 0.4) is 0 Å². The van der Waals surface area contributed by atoms with Gasteiger partial charge in [0.15, 0.2) is 0 Å². The van der Waals surface area contributed by atoms with Crippen LogP contribution in [0.1, 0.15) is 25.0 Å². The molecule has 88 valence electrons. The first-order valence-electron chi connectivity index (χ1n) is 5.95. The van der Waals surface area contributed by atoms with E-state index in [9.17, 15) is 0 Å². The van der Waals surface area contributed by atoms with E-state index in [1.807, 2.05) is 19.2 Å². The maximum atomic E-state index is 8.97. The van der Waals surface area contributed by atoms with E-state index in [1.165, 1.54) is 12.8 Å². The number of piperidine rings is 1. The third-order valence-corrected chi connectivity index (χ3v) is 3.12. The number of aryl methyl sites for hydroxylation is 1. The molecule has 1 atom stereocenters. The van der Waals surface area contributed by atoms with E-state index < -0.39 is 0 Å². The molecule has 0 aromatic carbocycles. The van der Waals surface area contributed by atoms with E-state index in [2.05, 4.69) is 14.9 Å². The van der Waals surface area contributed by atoms with Crippen molar-refractivity contribution in [1.82, 2.24) is 9.97 Å². The molecule has 0 bridgehead atoms. The maximum Gasteiger partial charge on any atom is 0.225 e. The zero-order chi connectivity index (χ0) is 11.4. The monoisotopic (exact) mass is 221 g/mol. The molecule has 4 nitrogen and oxygen atoms in total. The average molecular weight is 221 g/mol. The molecule has 1 unspecified atom stereocenters. The molecule has 1 saturated heterocycles. The second kappa shape index (κ2) is 5.25. The summed E-state index contributed by atoms with van der Waals surface area (Å²) in [6.07, 6.45) is 5.08. The summed E-state index contributed by atoms with van der Waals surface area (Å²) in [5, 5.41) is 8.97. The molecule has 0 saturated carbocycles. The van der Waals surface area contributed by atoms with E-state index >= 15 is 0 Å². The fraction of sp³-hybridized carbons (Fsp3) is 0.667. The highest BCUT2D eigenvalue weighted by molar-refractivity contribution is 5.30. The minimum absolute atomic E-state index is 0.285. The molecule has 1 aromatic rings. The summed E-state index contributed by atoms with van der Waals surface area (Å²) in [6, 6.07) is 1.92. The van der Waals surface area contributed by atoms with Gasteiger partial charge in [-0.3, -0.25) is 0 Å². The van der Waals surface area contributed by atoms with Crippen molar-refractivity contribution in [2.45, 2.75) is 26.2 Å². The molecular formula is C12H19N3O. The average Bonchev–Trinajstić information content (AvgIpc) is 2.30. The van der Waals surface area contributed by atoms with Crippen LogP contribution < -0.4 is 4.90 Å². The van der Waals surface area contributed by atoms with Gasteiger partial charge in [-0.1, -0.05) is 0 Å². The largest absolute Gasteiger partial charge is 0.396 e. The van der Waals surface area contributed by atoms with Gasteiger partial charge in [-0.25, -0.2) is 9.97 Å². The third kappa shape index (κ3) is 2.70. The van der Waals surface area contributed by atoms with Gasteiger partial charge in [0.25, 0.3) is 0 Å². The van der Waals surface area contributed by atoms with Crippen molar-refractivity contribution in [1.29, 1.82) is 0 Å². The molecule has 0 amide bonds. The Morgan fingerprint density at radius 3 is 3.19 bits per heavy atom. The van der Waals surface area contributed by atoms with Crippen molar-refractivity contribution in [3.63, 3.8) is 0 Å². The van der Waals surface area contributed by atoms with Crippen molar-refractivity contribution >= 4 is 5.95 Å². The van der Waals surface area contributed by atoms with Gasteiger partial charge in [0.2, 0.25) is 5.95 Å². The van der Waals surface area contributed by atoms with E-state index in [0.29, 0.717) is 5.92 Å². The van der Waals surface area contributed by atoms with Crippen LogP contribution in [-0.2, 0) is 0 Å². The van der Waals surface area contributed by atoms with Crippen LogP contribution in [0.5, 0.6) is 0 Å². The number of anilines is 1. The Bertz CT molecular complexity index is 341. The summed E-state index contributed by atoms with van der Waals surface area (Å²) < 4.78 is 0. The normalized spacial score (nSPS) is 21.1. The Morgan fingerprint density at radius 2 is 2.44 bits per heavy atom. The Hall–Kier alpha value is -1.16. The van der Waals surface area contributed by atoms with E-state index in [1.54, 1.807) is 0 Å². The van der Waals surface area contributed by atoms with Crippen molar-refractivity contribution in [3.8, 4) is 0 Å². The van der Waals surface area contributed by atoms with Crippen molar-refractivity contribution in [2.75, 3.05) is 24.6 Å². The minimum atomic E-state index is 0.285. The van der Waals surface area contributed by atoms with E-state index in [0.717, 1.165) is 31.2 Å². The molecule has 0 radical (unpaired) electrons. The number of aromatic nitrogens is 2. The lowest BCUT2D eigenvalue weighted by atomic mass is 9.95. The van der Waals surface area contributed by atoms with Crippen LogP contribution in [0.2, 0.25) is 0 Å². The fourth-order valence-electron chi connectivity index (χ4n) is 2.25. The van der Waals surface area contributed by atoms with Crippen molar-refractivity contribution in [3.05, 3.63) is 18.0 Å². The SMILES string of the molecule is Cc1ccnc(N2CCCC(CCO)C2)n1. The number of aliphatic hydroxyl groups excluding tert-OH is 1. The van der Waals surface area contributed by atoms with Crippen LogP contribution in [0.25, 0.3) is 0 Å². The smallest absolute Gasteiger partial charge is 0.225 e. The topological polar surface area (TPSA) is 49.2 Å². The molecule has 1 aromatic heterocycles. The number of rotatable bonds is 3. The summed E-state index contributed by atoms with van der Waals surface area (Å²) in [4.78, 5) is 11.0. The summed E-state index contributed by atoms with van der Waals surface area (Å²) in [5.41, 5.74) is 1.01. The highest BCUT2D eigenvalue weighted by Crippen LogP contribution is 2.22.